The van der Waals surface area contributed by atoms with Crippen molar-refractivity contribution in [2.24, 2.45) is 0 Å². The van der Waals surface area contributed by atoms with Gasteiger partial charge in [-0.3, -0.25) is 0 Å². The van der Waals surface area contributed by atoms with E-state index in [1.165, 1.54) is 12.1 Å². The lowest BCUT2D eigenvalue weighted by atomic mass is 10.0. The van der Waals surface area contributed by atoms with Gasteiger partial charge in [-0.05, 0) is 37.1 Å². The lowest BCUT2D eigenvalue weighted by Gasteiger charge is -2.35. The number of rotatable bonds is 4. The van der Waals surface area contributed by atoms with Gasteiger partial charge < -0.3 is 15.1 Å². The number of benzene rings is 1. The average molecular weight is 340 g/mol. The summed E-state index contributed by atoms with van der Waals surface area (Å²) in [6.45, 7) is 1.63. The maximum atomic E-state index is 13.9. The molecule has 1 aliphatic heterocycles. The highest BCUT2D eigenvalue weighted by Gasteiger charge is 2.21. The second kappa shape index (κ2) is 7.34. The third-order valence-electron chi connectivity index (χ3n) is 4.25. The van der Waals surface area contributed by atoms with Gasteiger partial charge in [0.1, 0.15) is 17.7 Å². The lowest BCUT2D eigenvalue weighted by Crippen LogP contribution is -2.42. The first-order valence-electron chi connectivity index (χ1n) is 8.28. The van der Waals surface area contributed by atoms with Crippen LogP contribution in [0.2, 0.25) is 0 Å². The van der Waals surface area contributed by atoms with Crippen LogP contribution < -0.4 is 15.1 Å². The van der Waals surface area contributed by atoms with E-state index in [-0.39, 0.29) is 11.6 Å². The number of piperidine rings is 1. The largest absolute Gasteiger partial charge is 0.369 e. The Balaban J connectivity index is 1.70. The number of halogens is 1. The Bertz CT molecular complexity index is 785. The molecule has 0 radical (unpaired) electrons. The molecule has 6 nitrogen and oxygen atoms in total. The monoisotopic (exact) mass is 340 g/mol. The minimum absolute atomic E-state index is 0.0765. The van der Waals surface area contributed by atoms with E-state index in [2.05, 4.69) is 20.2 Å². The molecule has 3 rings (SSSR count). The topological polar surface area (TPSA) is 68.1 Å². The third kappa shape index (κ3) is 3.97. The molecule has 0 saturated carbocycles. The molecule has 25 heavy (non-hydrogen) atoms. The van der Waals surface area contributed by atoms with Crippen molar-refractivity contribution in [3.63, 3.8) is 0 Å². The quantitative estimate of drug-likeness (QED) is 0.923. The fourth-order valence-electron chi connectivity index (χ4n) is 2.97. The van der Waals surface area contributed by atoms with E-state index in [9.17, 15) is 4.39 Å². The Labute approximate surface area is 146 Å². The second-order valence-corrected chi connectivity index (χ2v) is 6.34. The van der Waals surface area contributed by atoms with Crippen LogP contribution in [0.5, 0.6) is 0 Å². The predicted molar refractivity (Wildman–Crippen MR) is 96.3 cm³/mol. The van der Waals surface area contributed by atoms with Gasteiger partial charge >= 0.3 is 0 Å². The van der Waals surface area contributed by atoms with Crippen molar-refractivity contribution in [3.05, 3.63) is 41.8 Å². The number of nitrogens with zero attached hydrogens (tertiary/aromatic N) is 5. The number of nitrogens with one attached hydrogen (secondary N) is 1. The minimum Gasteiger partial charge on any atom is -0.369 e. The summed E-state index contributed by atoms with van der Waals surface area (Å²) >= 11 is 0. The van der Waals surface area contributed by atoms with E-state index >= 15 is 0 Å². The zero-order valence-electron chi connectivity index (χ0n) is 14.4. The van der Waals surface area contributed by atoms with Gasteiger partial charge in [0.05, 0.1) is 5.56 Å². The number of nitriles is 1. The molecule has 0 amide bonds. The molecule has 2 aromatic rings. The molecule has 0 spiro atoms. The smallest absolute Gasteiger partial charge is 0.226 e. The highest BCUT2D eigenvalue weighted by molar-refractivity contribution is 5.51. The molecule has 1 aromatic carbocycles. The van der Waals surface area contributed by atoms with E-state index in [0.717, 1.165) is 37.4 Å². The highest BCUT2D eigenvalue weighted by Crippen LogP contribution is 2.24. The van der Waals surface area contributed by atoms with E-state index in [1.54, 1.807) is 12.3 Å². The van der Waals surface area contributed by atoms with Crippen LogP contribution in [0.25, 0.3) is 0 Å². The van der Waals surface area contributed by atoms with Gasteiger partial charge in [0.25, 0.3) is 0 Å². The van der Waals surface area contributed by atoms with Crippen molar-refractivity contribution in [2.75, 3.05) is 42.3 Å². The van der Waals surface area contributed by atoms with Crippen LogP contribution in [0.3, 0.4) is 0 Å². The Morgan fingerprint density at radius 3 is 2.92 bits per heavy atom. The van der Waals surface area contributed by atoms with Crippen molar-refractivity contribution < 1.29 is 4.39 Å². The first-order chi connectivity index (χ1) is 12.1. The van der Waals surface area contributed by atoms with E-state index in [1.807, 2.05) is 31.1 Å². The molecule has 130 valence electrons. The van der Waals surface area contributed by atoms with Crippen molar-refractivity contribution in [3.8, 4) is 6.07 Å². The summed E-state index contributed by atoms with van der Waals surface area (Å²) in [7, 11) is 3.81. The van der Waals surface area contributed by atoms with Gasteiger partial charge in [-0.1, -0.05) is 0 Å². The normalized spacial score (nSPS) is 17.0. The van der Waals surface area contributed by atoms with Gasteiger partial charge in [0, 0.05) is 45.1 Å². The van der Waals surface area contributed by atoms with Gasteiger partial charge in [0.15, 0.2) is 0 Å². The predicted octanol–water partition coefficient (Wildman–Crippen LogP) is 2.63. The van der Waals surface area contributed by atoms with Gasteiger partial charge in [0.2, 0.25) is 5.95 Å². The Hall–Kier alpha value is -2.88. The summed E-state index contributed by atoms with van der Waals surface area (Å²) in [4.78, 5) is 12.7. The average Bonchev–Trinajstić information content (AvgIpc) is 2.62. The zero-order chi connectivity index (χ0) is 17.8. The summed E-state index contributed by atoms with van der Waals surface area (Å²) in [5.74, 6) is 0.977. The van der Waals surface area contributed by atoms with Crippen LogP contribution in [0.15, 0.2) is 30.5 Å². The maximum Gasteiger partial charge on any atom is 0.226 e. The summed E-state index contributed by atoms with van der Waals surface area (Å²) in [5, 5.41) is 12.3. The third-order valence-corrected chi connectivity index (χ3v) is 4.25. The van der Waals surface area contributed by atoms with Gasteiger partial charge in [-0.2, -0.15) is 10.2 Å². The van der Waals surface area contributed by atoms with Crippen LogP contribution in [0, 0.1) is 17.1 Å². The molecule has 1 aromatic heterocycles. The fourth-order valence-corrected chi connectivity index (χ4v) is 2.97. The number of hydrogen-bond acceptors (Lipinski definition) is 6. The summed E-state index contributed by atoms with van der Waals surface area (Å²) < 4.78 is 13.9. The molecule has 1 atom stereocenters. The van der Waals surface area contributed by atoms with E-state index in [4.69, 9.17) is 5.26 Å². The number of aromatic nitrogens is 2. The number of hydrogen-bond donors (Lipinski definition) is 1. The van der Waals surface area contributed by atoms with Crippen LogP contribution in [0.4, 0.5) is 21.8 Å². The first kappa shape index (κ1) is 17.0. The van der Waals surface area contributed by atoms with Gasteiger partial charge in [-0.25, -0.2) is 9.37 Å². The van der Waals surface area contributed by atoms with Crippen molar-refractivity contribution >= 4 is 17.5 Å². The molecule has 1 aliphatic rings. The zero-order valence-corrected chi connectivity index (χ0v) is 14.4. The molecule has 1 unspecified atom stereocenters. The van der Waals surface area contributed by atoms with Crippen molar-refractivity contribution in [1.82, 2.24) is 9.97 Å². The number of anilines is 3. The van der Waals surface area contributed by atoms with Gasteiger partial charge in [-0.15, -0.1) is 0 Å². The maximum absolute atomic E-state index is 13.9. The van der Waals surface area contributed by atoms with Crippen LogP contribution in [0.1, 0.15) is 18.4 Å². The molecule has 0 aliphatic carbocycles. The molecule has 1 saturated heterocycles. The van der Waals surface area contributed by atoms with E-state index < -0.39 is 5.82 Å². The highest BCUT2D eigenvalue weighted by atomic mass is 19.1. The first-order valence-corrected chi connectivity index (χ1v) is 8.28. The Kier molecular flexibility index (Phi) is 4.98. The Morgan fingerprint density at radius 2 is 2.20 bits per heavy atom. The summed E-state index contributed by atoms with van der Waals surface area (Å²) in [5.41, 5.74) is 0.882. The standard InChI is InChI=1S/C18H21FN6/c1-24(2)18-21-8-7-17(23-18)22-14-4-3-9-25(12-14)15-6-5-13(11-20)16(19)10-15/h5-8,10,14H,3-4,9,12H2,1-2H3,(H,21,22,23). The molecule has 1 N–H and O–H groups in total. The SMILES string of the molecule is CN(C)c1nccc(NC2CCCN(c3ccc(C#N)c(F)c3)C2)n1. The molecule has 2 heterocycles. The summed E-state index contributed by atoms with van der Waals surface area (Å²) in [6, 6.07) is 8.71. The minimum atomic E-state index is -0.471. The summed E-state index contributed by atoms with van der Waals surface area (Å²) in [6.07, 6.45) is 3.77. The molecule has 7 heteroatoms. The van der Waals surface area contributed by atoms with Crippen LogP contribution in [-0.4, -0.2) is 43.2 Å². The van der Waals surface area contributed by atoms with E-state index in [0.29, 0.717) is 5.95 Å². The van der Waals surface area contributed by atoms with Crippen molar-refractivity contribution in [1.29, 1.82) is 5.26 Å². The van der Waals surface area contributed by atoms with Crippen LogP contribution >= 0.6 is 0 Å². The lowest BCUT2D eigenvalue weighted by molar-refractivity contribution is 0.527. The van der Waals surface area contributed by atoms with Crippen molar-refractivity contribution in [2.45, 2.75) is 18.9 Å². The molecular weight excluding hydrogens is 319 g/mol. The molecular formula is C18H21FN6. The Morgan fingerprint density at radius 1 is 1.36 bits per heavy atom. The second-order valence-electron chi connectivity index (χ2n) is 6.34. The molecule has 0 bridgehead atoms. The fraction of sp³-hybridized carbons (Fsp3) is 0.389. The van der Waals surface area contributed by atoms with Crippen LogP contribution in [-0.2, 0) is 0 Å². The molecule has 1 fully saturated rings.